The third-order valence-electron chi connectivity index (χ3n) is 2.98. The van der Waals surface area contributed by atoms with Crippen LogP contribution < -0.4 is 10.6 Å². The molecule has 0 aliphatic rings. The Bertz CT molecular complexity index is 698. The number of aryl methyl sites for hydroxylation is 2. The first-order chi connectivity index (χ1) is 9.97. The highest BCUT2D eigenvalue weighted by molar-refractivity contribution is 6.01. The molecule has 6 nitrogen and oxygen atoms in total. The van der Waals surface area contributed by atoms with Crippen molar-refractivity contribution in [2.75, 3.05) is 10.6 Å². The number of urea groups is 1. The maximum absolute atomic E-state index is 11.9. The number of nitrogens with zero attached hydrogens (tertiary/aromatic N) is 1. The number of hydrogen-bond acceptors (Lipinski definition) is 3. The summed E-state index contributed by atoms with van der Waals surface area (Å²) in [5.41, 5.74) is 2.74. The van der Waals surface area contributed by atoms with E-state index in [0.717, 1.165) is 0 Å². The minimum Gasteiger partial charge on any atom is -0.478 e. The van der Waals surface area contributed by atoms with Gasteiger partial charge in [0, 0.05) is 11.9 Å². The molecule has 0 aliphatic heterocycles. The Hall–Kier alpha value is -2.89. The van der Waals surface area contributed by atoms with Gasteiger partial charge in [0.25, 0.3) is 0 Å². The molecule has 2 amide bonds. The smallest absolute Gasteiger partial charge is 0.335 e. The van der Waals surface area contributed by atoms with E-state index in [1.165, 1.54) is 12.1 Å². The molecule has 108 valence electrons. The molecule has 2 rings (SSSR count). The van der Waals surface area contributed by atoms with Crippen molar-refractivity contribution in [1.29, 1.82) is 0 Å². The number of rotatable bonds is 3. The van der Waals surface area contributed by atoms with E-state index in [4.69, 9.17) is 5.11 Å². The molecular weight excluding hydrogens is 270 g/mol. The van der Waals surface area contributed by atoms with Crippen LogP contribution in [0.5, 0.6) is 0 Å². The summed E-state index contributed by atoms with van der Waals surface area (Å²) in [5.74, 6) is -1.000. The largest absolute Gasteiger partial charge is 0.478 e. The summed E-state index contributed by atoms with van der Waals surface area (Å²) in [5, 5.41) is 14.3. The van der Waals surface area contributed by atoms with Crippen LogP contribution in [0.2, 0.25) is 0 Å². The number of carboxylic acids is 1. The van der Waals surface area contributed by atoms with Crippen LogP contribution in [-0.4, -0.2) is 22.1 Å². The first-order valence-corrected chi connectivity index (χ1v) is 6.31. The molecule has 0 bridgehead atoms. The number of carboxylic acid groups (broad SMARTS) is 1. The molecule has 1 aromatic carbocycles. The van der Waals surface area contributed by atoms with Gasteiger partial charge in [-0.3, -0.25) is 4.98 Å². The quantitative estimate of drug-likeness (QED) is 0.808. The zero-order valence-electron chi connectivity index (χ0n) is 11.7. The number of nitrogens with one attached hydrogen (secondary N) is 2. The summed E-state index contributed by atoms with van der Waals surface area (Å²) in [6.07, 6.45) is 1.65. The lowest BCUT2D eigenvalue weighted by Crippen LogP contribution is -2.20. The minimum atomic E-state index is -1.000. The molecule has 21 heavy (non-hydrogen) atoms. The van der Waals surface area contributed by atoms with E-state index in [9.17, 15) is 9.59 Å². The molecule has 2 aromatic rings. The molecular formula is C15H15N3O3. The predicted octanol–water partition coefficient (Wildman–Crippen LogP) is 3.04. The van der Waals surface area contributed by atoms with Gasteiger partial charge in [-0.15, -0.1) is 0 Å². The number of pyridine rings is 1. The van der Waals surface area contributed by atoms with Crippen molar-refractivity contribution < 1.29 is 14.7 Å². The number of amides is 2. The van der Waals surface area contributed by atoms with Gasteiger partial charge in [0.05, 0.1) is 16.9 Å². The van der Waals surface area contributed by atoms with Crippen molar-refractivity contribution in [3.05, 3.63) is 53.3 Å². The Morgan fingerprint density at radius 1 is 1.10 bits per heavy atom. The predicted molar refractivity (Wildman–Crippen MR) is 79.8 cm³/mol. The highest BCUT2D eigenvalue weighted by atomic mass is 16.4. The number of anilines is 2. The van der Waals surface area contributed by atoms with Gasteiger partial charge in [-0.05, 0) is 49.7 Å². The van der Waals surface area contributed by atoms with E-state index in [-0.39, 0.29) is 5.56 Å². The van der Waals surface area contributed by atoms with E-state index in [1.807, 2.05) is 0 Å². The van der Waals surface area contributed by atoms with Crippen LogP contribution in [-0.2, 0) is 0 Å². The van der Waals surface area contributed by atoms with Gasteiger partial charge in [0.1, 0.15) is 0 Å². The maximum Gasteiger partial charge on any atom is 0.335 e. The maximum atomic E-state index is 11.9. The third-order valence-corrected chi connectivity index (χ3v) is 2.98. The molecule has 1 aromatic heterocycles. The lowest BCUT2D eigenvalue weighted by Gasteiger charge is -2.11. The Balaban J connectivity index is 2.10. The van der Waals surface area contributed by atoms with Gasteiger partial charge in [-0.1, -0.05) is 0 Å². The van der Waals surface area contributed by atoms with Crippen molar-refractivity contribution >= 4 is 23.4 Å². The number of aromatic carboxylic acids is 1. The van der Waals surface area contributed by atoms with Gasteiger partial charge in [0.15, 0.2) is 0 Å². The highest BCUT2D eigenvalue weighted by Crippen LogP contribution is 2.17. The molecule has 0 aliphatic carbocycles. The molecule has 0 unspecified atom stereocenters. The third kappa shape index (κ3) is 3.56. The molecule has 0 fully saturated rings. The van der Waals surface area contributed by atoms with E-state index in [1.54, 1.807) is 38.2 Å². The van der Waals surface area contributed by atoms with Crippen molar-refractivity contribution in [3.8, 4) is 0 Å². The highest BCUT2D eigenvalue weighted by Gasteiger charge is 2.09. The zero-order valence-corrected chi connectivity index (χ0v) is 11.7. The van der Waals surface area contributed by atoms with E-state index in [0.29, 0.717) is 22.6 Å². The second-order valence-electron chi connectivity index (χ2n) is 4.55. The molecule has 0 radical (unpaired) electrons. The fourth-order valence-electron chi connectivity index (χ4n) is 1.83. The molecule has 0 spiro atoms. The molecule has 1 heterocycles. The lowest BCUT2D eigenvalue weighted by atomic mass is 10.1. The van der Waals surface area contributed by atoms with Gasteiger partial charge in [-0.25, -0.2) is 9.59 Å². The van der Waals surface area contributed by atoms with Crippen molar-refractivity contribution in [2.24, 2.45) is 0 Å². The first kappa shape index (κ1) is 14.5. The van der Waals surface area contributed by atoms with Crippen LogP contribution in [0.4, 0.5) is 16.2 Å². The molecule has 6 heteroatoms. The average molecular weight is 285 g/mol. The van der Waals surface area contributed by atoms with E-state index in [2.05, 4.69) is 15.6 Å². The number of aromatic nitrogens is 1. The summed E-state index contributed by atoms with van der Waals surface area (Å²) in [6.45, 7) is 3.53. The van der Waals surface area contributed by atoms with Gasteiger partial charge in [-0.2, -0.15) is 0 Å². The summed E-state index contributed by atoms with van der Waals surface area (Å²) < 4.78 is 0. The molecule has 0 saturated heterocycles. The van der Waals surface area contributed by atoms with Crippen LogP contribution >= 0.6 is 0 Å². The minimum absolute atomic E-state index is 0.182. The lowest BCUT2D eigenvalue weighted by molar-refractivity contribution is 0.0697. The van der Waals surface area contributed by atoms with Crippen LogP contribution in [0.3, 0.4) is 0 Å². The SMILES string of the molecule is Cc1cc(C(=O)O)ccc1NC(=O)Nc1cccnc1C. The van der Waals surface area contributed by atoms with E-state index < -0.39 is 12.0 Å². The fraction of sp³-hybridized carbons (Fsp3) is 0.133. The molecule has 0 atom stereocenters. The Morgan fingerprint density at radius 2 is 1.81 bits per heavy atom. The number of carbonyl (C=O) groups excluding carboxylic acids is 1. The summed E-state index contributed by atoms with van der Waals surface area (Å²) >= 11 is 0. The summed E-state index contributed by atoms with van der Waals surface area (Å²) in [4.78, 5) is 26.9. The molecule has 0 saturated carbocycles. The average Bonchev–Trinajstić information content (AvgIpc) is 2.43. The second-order valence-corrected chi connectivity index (χ2v) is 4.55. The van der Waals surface area contributed by atoms with Gasteiger partial charge in [0.2, 0.25) is 0 Å². The van der Waals surface area contributed by atoms with Gasteiger partial charge < -0.3 is 15.7 Å². The van der Waals surface area contributed by atoms with Crippen LogP contribution in [0.25, 0.3) is 0 Å². The van der Waals surface area contributed by atoms with Crippen molar-refractivity contribution in [3.63, 3.8) is 0 Å². The Labute approximate surface area is 121 Å². The Kier molecular flexibility index (Phi) is 4.18. The van der Waals surface area contributed by atoms with Gasteiger partial charge >= 0.3 is 12.0 Å². The summed E-state index contributed by atoms with van der Waals surface area (Å²) in [7, 11) is 0. The number of benzene rings is 1. The van der Waals surface area contributed by atoms with Crippen LogP contribution in [0, 0.1) is 13.8 Å². The van der Waals surface area contributed by atoms with Crippen molar-refractivity contribution in [2.45, 2.75) is 13.8 Å². The van der Waals surface area contributed by atoms with Crippen molar-refractivity contribution in [1.82, 2.24) is 4.98 Å². The van der Waals surface area contributed by atoms with E-state index >= 15 is 0 Å². The zero-order chi connectivity index (χ0) is 15.4. The topological polar surface area (TPSA) is 91.3 Å². The number of carbonyl (C=O) groups is 2. The standard InChI is InChI=1S/C15H15N3O3/c1-9-8-11(14(19)20)5-6-12(9)17-15(21)18-13-4-3-7-16-10(13)2/h3-8H,1-2H3,(H,19,20)(H2,17,18,21). The molecule has 3 N–H and O–H groups in total. The fourth-order valence-corrected chi connectivity index (χ4v) is 1.83. The normalized spacial score (nSPS) is 10.0. The van der Waals surface area contributed by atoms with Crippen LogP contribution in [0.15, 0.2) is 36.5 Å². The Morgan fingerprint density at radius 3 is 2.43 bits per heavy atom. The number of hydrogen-bond donors (Lipinski definition) is 3. The van der Waals surface area contributed by atoms with Crippen LogP contribution in [0.1, 0.15) is 21.6 Å². The monoisotopic (exact) mass is 285 g/mol. The first-order valence-electron chi connectivity index (χ1n) is 6.31. The summed E-state index contributed by atoms with van der Waals surface area (Å²) in [6, 6.07) is 7.59. The second kappa shape index (κ2) is 6.04.